The standard InChI is InChI=1S/C24H24ClN5O7S/c1-24(2,37-17-6-4-3-5-15(17)25)23(33)29-11-9-14(10-12-29)22-26-16(13-38-22)20(31)27-28-21(32)18-7-8-19(36-18)30(34)35/h3-8,13-14H,9-12H2,1-2H3,(H,27,31)(H,28,32). The van der Waals surface area contributed by atoms with Crippen molar-refractivity contribution in [2.75, 3.05) is 13.1 Å². The molecule has 12 nitrogen and oxygen atoms in total. The van der Waals surface area contributed by atoms with Crippen LogP contribution in [0.25, 0.3) is 0 Å². The van der Waals surface area contributed by atoms with E-state index in [1.165, 1.54) is 11.3 Å². The van der Waals surface area contributed by atoms with Gasteiger partial charge in [0.25, 0.3) is 11.8 Å². The van der Waals surface area contributed by atoms with Crippen molar-refractivity contribution < 1.29 is 28.5 Å². The minimum Gasteiger partial charge on any atom is -0.476 e. The van der Waals surface area contributed by atoms with Gasteiger partial charge in [-0.15, -0.1) is 11.3 Å². The molecule has 3 amide bonds. The number of carbonyl (C=O) groups excluding carboxylic acids is 3. The zero-order chi connectivity index (χ0) is 27.4. The number of nitro groups is 1. The lowest BCUT2D eigenvalue weighted by molar-refractivity contribution is -0.402. The van der Waals surface area contributed by atoms with Gasteiger partial charge in [0, 0.05) is 24.4 Å². The SMILES string of the molecule is CC(C)(Oc1ccccc1Cl)C(=O)N1CCC(c2nc(C(=O)NNC(=O)c3ccc([N+](=O)[O-])o3)cs2)CC1. The summed E-state index contributed by atoms with van der Waals surface area (Å²) in [5.74, 6) is -2.04. The largest absolute Gasteiger partial charge is 0.476 e. The molecule has 0 aliphatic carbocycles. The van der Waals surface area contributed by atoms with E-state index >= 15 is 0 Å². The minimum atomic E-state index is -1.10. The summed E-state index contributed by atoms with van der Waals surface area (Å²) in [5.41, 5.74) is 3.36. The van der Waals surface area contributed by atoms with Crippen molar-refractivity contribution in [2.24, 2.45) is 0 Å². The number of hydrogen-bond donors (Lipinski definition) is 2. The van der Waals surface area contributed by atoms with Gasteiger partial charge in [-0.25, -0.2) is 4.98 Å². The van der Waals surface area contributed by atoms with Gasteiger partial charge >= 0.3 is 11.8 Å². The van der Waals surface area contributed by atoms with E-state index in [2.05, 4.69) is 15.8 Å². The Kier molecular flexibility index (Phi) is 7.97. The van der Waals surface area contributed by atoms with Crippen molar-refractivity contribution in [2.45, 2.75) is 38.2 Å². The number of hydrogen-bond acceptors (Lipinski definition) is 9. The highest BCUT2D eigenvalue weighted by Gasteiger charge is 2.37. The molecule has 0 atom stereocenters. The number of benzene rings is 1. The number of thiazole rings is 1. The highest BCUT2D eigenvalue weighted by Crippen LogP contribution is 2.33. The van der Waals surface area contributed by atoms with E-state index in [-0.39, 0.29) is 23.3 Å². The van der Waals surface area contributed by atoms with Crippen LogP contribution in [0.15, 0.2) is 46.2 Å². The molecule has 1 saturated heterocycles. The summed E-state index contributed by atoms with van der Waals surface area (Å²) >= 11 is 7.49. The van der Waals surface area contributed by atoms with Crippen LogP contribution in [0.5, 0.6) is 5.75 Å². The van der Waals surface area contributed by atoms with E-state index in [1.807, 2.05) is 0 Å². The van der Waals surface area contributed by atoms with Gasteiger partial charge in [-0.05, 0) is 44.9 Å². The Morgan fingerprint density at radius 3 is 2.50 bits per heavy atom. The van der Waals surface area contributed by atoms with Crippen LogP contribution < -0.4 is 15.6 Å². The summed E-state index contributed by atoms with van der Waals surface area (Å²) < 4.78 is 10.7. The molecule has 3 aromatic rings. The van der Waals surface area contributed by atoms with E-state index in [0.29, 0.717) is 36.7 Å². The third-order valence-corrected chi connectivity index (χ3v) is 7.21. The maximum Gasteiger partial charge on any atom is 0.433 e. The molecule has 1 aromatic carbocycles. The first-order chi connectivity index (χ1) is 18.0. The average molecular weight is 562 g/mol. The molecule has 3 heterocycles. The molecule has 0 saturated carbocycles. The highest BCUT2D eigenvalue weighted by atomic mass is 35.5. The predicted octanol–water partition coefficient (Wildman–Crippen LogP) is 3.94. The van der Waals surface area contributed by atoms with Crippen LogP contribution in [0.1, 0.15) is 58.7 Å². The zero-order valence-corrected chi connectivity index (χ0v) is 22.0. The molecule has 2 N–H and O–H groups in total. The van der Waals surface area contributed by atoms with Crippen molar-refractivity contribution in [3.8, 4) is 5.75 Å². The Hall–Kier alpha value is -3.97. The highest BCUT2D eigenvalue weighted by molar-refractivity contribution is 7.09. The lowest BCUT2D eigenvalue weighted by atomic mass is 9.96. The molecule has 200 valence electrons. The van der Waals surface area contributed by atoms with Gasteiger partial charge in [0.1, 0.15) is 16.4 Å². The van der Waals surface area contributed by atoms with Crippen LogP contribution >= 0.6 is 22.9 Å². The number of para-hydroxylation sites is 1. The van der Waals surface area contributed by atoms with Crippen LogP contribution in [-0.2, 0) is 4.79 Å². The van der Waals surface area contributed by atoms with Crippen LogP contribution in [0.2, 0.25) is 5.02 Å². The Bertz CT molecular complexity index is 1360. The summed E-state index contributed by atoms with van der Waals surface area (Å²) in [6.45, 7) is 4.43. The summed E-state index contributed by atoms with van der Waals surface area (Å²) in [6.07, 6.45) is 1.33. The van der Waals surface area contributed by atoms with Crippen LogP contribution in [-0.4, -0.2) is 51.2 Å². The topological polar surface area (TPSA) is 157 Å². The first kappa shape index (κ1) is 27.1. The van der Waals surface area contributed by atoms with Gasteiger partial charge in [0.2, 0.25) is 5.76 Å². The number of nitrogens with zero attached hydrogens (tertiary/aromatic N) is 3. The molecule has 1 aliphatic rings. The molecule has 4 rings (SSSR count). The number of aromatic nitrogens is 1. The number of likely N-dealkylation sites (tertiary alicyclic amines) is 1. The minimum absolute atomic E-state index is 0.0662. The fraction of sp³-hybridized carbons (Fsp3) is 0.333. The van der Waals surface area contributed by atoms with Gasteiger partial charge in [0.15, 0.2) is 5.60 Å². The molecular weight excluding hydrogens is 538 g/mol. The smallest absolute Gasteiger partial charge is 0.433 e. The van der Waals surface area contributed by atoms with E-state index in [1.54, 1.807) is 48.4 Å². The van der Waals surface area contributed by atoms with Crippen LogP contribution in [0.3, 0.4) is 0 Å². The van der Waals surface area contributed by atoms with E-state index in [0.717, 1.165) is 17.1 Å². The Morgan fingerprint density at radius 1 is 1.16 bits per heavy atom. The van der Waals surface area contributed by atoms with E-state index < -0.39 is 28.2 Å². The maximum absolute atomic E-state index is 13.2. The van der Waals surface area contributed by atoms with Gasteiger partial charge in [0.05, 0.1) is 16.1 Å². The van der Waals surface area contributed by atoms with Gasteiger partial charge in [-0.2, -0.15) is 0 Å². The summed E-state index contributed by atoms with van der Waals surface area (Å²) in [4.78, 5) is 53.7. The van der Waals surface area contributed by atoms with Crippen LogP contribution in [0.4, 0.5) is 5.88 Å². The third kappa shape index (κ3) is 6.11. The molecule has 1 fully saturated rings. The zero-order valence-electron chi connectivity index (χ0n) is 20.4. The number of hydrazine groups is 1. The lowest BCUT2D eigenvalue weighted by Crippen LogP contribution is -2.51. The van der Waals surface area contributed by atoms with Crippen molar-refractivity contribution in [1.29, 1.82) is 0 Å². The second kappa shape index (κ2) is 11.2. The number of carbonyl (C=O) groups is 3. The first-order valence-corrected chi connectivity index (χ1v) is 12.8. The van der Waals surface area contributed by atoms with E-state index in [4.69, 9.17) is 20.8 Å². The number of amides is 3. The molecule has 38 heavy (non-hydrogen) atoms. The van der Waals surface area contributed by atoms with E-state index in [9.17, 15) is 24.5 Å². The van der Waals surface area contributed by atoms with Gasteiger partial charge in [-0.1, -0.05) is 23.7 Å². The normalized spacial score (nSPS) is 14.1. The second-order valence-corrected chi connectivity index (χ2v) is 10.3. The number of piperidine rings is 1. The molecule has 0 radical (unpaired) electrons. The lowest BCUT2D eigenvalue weighted by Gasteiger charge is -2.36. The molecule has 2 aromatic heterocycles. The Labute approximate surface area is 226 Å². The number of ether oxygens (including phenoxy) is 1. The number of furan rings is 1. The quantitative estimate of drug-likeness (QED) is 0.324. The number of rotatable bonds is 7. The van der Waals surface area contributed by atoms with Crippen molar-refractivity contribution in [1.82, 2.24) is 20.7 Å². The summed E-state index contributed by atoms with van der Waals surface area (Å²) in [7, 11) is 0. The van der Waals surface area contributed by atoms with Crippen molar-refractivity contribution >= 4 is 46.5 Å². The molecular formula is C24H24ClN5O7S. The Morgan fingerprint density at radius 2 is 1.84 bits per heavy atom. The summed E-state index contributed by atoms with van der Waals surface area (Å²) in [5, 5.41) is 13.4. The van der Waals surface area contributed by atoms with Crippen molar-refractivity contribution in [3.63, 3.8) is 0 Å². The average Bonchev–Trinajstić information content (AvgIpc) is 3.59. The molecule has 0 spiro atoms. The fourth-order valence-electron chi connectivity index (χ4n) is 3.92. The third-order valence-electron chi connectivity index (χ3n) is 5.89. The van der Waals surface area contributed by atoms with Crippen molar-refractivity contribution in [3.05, 3.63) is 73.4 Å². The Balaban J connectivity index is 1.28. The first-order valence-electron chi connectivity index (χ1n) is 11.6. The molecule has 0 bridgehead atoms. The van der Waals surface area contributed by atoms with Gasteiger partial charge in [-0.3, -0.25) is 35.3 Å². The monoisotopic (exact) mass is 561 g/mol. The second-order valence-electron chi connectivity index (χ2n) is 8.98. The molecule has 1 aliphatic heterocycles. The number of nitrogens with one attached hydrogen (secondary N) is 2. The fourth-order valence-corrected chi connectivity index (χ4v) is 5.07. The maximum atomic E-state index is 13.2. The number of halogens is 1. The summed E-state index contributed by atoms with van der Waals surface area (Å²) in [6, 6.07) is 9.16. The molecule has 0 unspecified atom stereocenters. The van der Waals surface area contributed by atoms with Crippen LogP contribution in [0, 0.1) is 10.1 Å². The molecule has 14 heteroatoms. The van der Waals surface area contributed by atoms with Gasteiger partial charge < -0.3 is 14.1 Å². The predicted molar refractivity (Wildman–Crippen MR) is 137 cm³/mol.